The molecule has 2 aromatic carbocycles. The lowest BCUT2D eigenvalue weighted by molar-refractivity contribution is -0.129. The Morgan fingerprint density at radius 3 is 2.42 bits per heavy atom. The van der Waals surface area contributed by atoms with Crippen LogP contribution in [0.1, 0.15) is 11.1 Å². The number of hydrogen-bond acceptors (Lipinski definition) is 6. The fraction of sp³-hybridized carbons (Fsp3) is 0.320. The van der Waals surface area contributed by atoms with Crippen molar-refractivity contribution in [3.63, 3.8) is 0 Å². The molecule has 2 aliphatic rings. The van der Waals surface area contributed by atoms with Crippen LogP contribution in [0.3, 0.4) is 0 Å². The normalized spacial score (nSPS) is 16.0. The quantitative estimate of drug-likeness (QED) is 0.513. The van der Waals surface area contributed by atoms with E-state index in [-0.39, 0.29) is 5.91 Å². The number of benzene rings is 2. The maximum absolute atomic E-state index is 12.7. The molecule has 170 valence electrons. The Labute approximate surface area is 203 Å². The molecule has 0 spiro atoms. The summed E-state index contributed by atoms with van der Waals surface area (Å²) >= 11 is 7.59. The number of nitrogens with zero attached hydrogens (tertiary/aromatic N) is 5. The summed E-state index contributed by atoms with van der Waals surface area (Å²) in [5, 5.41) is 10.3. The molecule has 5 rings (SSSR count). The number of fused-ring (bicyclic) bond motifs is 1. The number of halogens is 1. The first kappa shape index (κ1) is 22.0. The number of anilines is 2. The van der Waals surface area contributed by atoms with E-state index in [1.54, 1.807) is 0 Å². The molecule has 3 aromatic rings. The number of thioether (sulfide) groups is 1. The van der Waals surface area contributed by atoms with Crippen LogP contribution in [0, 0.1) is 0 Å². The van der Waals surface area contributed by atoms with Gasteiger partial charge in [-0.05, 0) is 47.9 Å². The predicted molar refractivity (Wildman–Crippen MR) is 134 cm³/mol. The minimum absolute atomic E-state index is 0.150. The third kappa shape index (κ3) is 5.25. The smallest absolute Gasteiger partial charge is 0.233 e. The highest BCUT2D eigenvalue weighted by Crippen LogP contribution is 2.24. The first-order valence-electron chi connectivity index (χ1n) is 11.2. The minimum atomic E-state index is 0.150. The third-order valence-corrected chi connectivity index (χ3v) is 7.37. The third-order valence-electron chi connectivity index (χ3n) is 6.23. The molecule has 1 saturated heterocycles. The zero-order valence-corrected chi connectivity index (χ0v) is 19.9. The second-order valence-electron chi connectivity index (χ2n) is 8.31. The van der Waals surface area contributed by atoms with Crippen molar-refractivity contribution in [2.24, 2.45) is 0 Å². The summed E-state index contributed by atoms with van der Waals surface area (Å²) in [5.41, 5.74) is 3.76. The van der Waals surface area contributed by atoms with Gasteiger partial charge < -0.3 is 14.7 Å². The van der Waals surface area contributed by atoms with Gasteiger partial charge in [-0.15, -0.1) is 10.2 Å². The molecule has 0 unspecified atom stereocenters. The summed E-state index contributed by atoms with van der Waals surface area (Å²) in [5.74, 6) is 1.41. The molecule has 8 heteroatoms. The van der Waals surface area contributed by atoms with E-state index in [4.69, 9.17) is 11.6 Å². The van der Waals surface area contributed by atoms with Crippen molar-refractivity contribution < 1.29 is 4.79 Å². The van der Waals surface area contributed by atoms with E-state index in [0.717, 1.165) is 60.7 Å². The van der Waals surface area contributed by atoms with Crippen LogP contribution in [0.4, 0.5) is 11.5 Å². The maximum atomic E-state index is 12.7. The summed E-state index contributed by atoms with van der Waals surface area (Å²) in [6.07, 6.45) is 0.922. The molecule has 6 nitrogen and oxygen atoms in total. The lowest BCUT2D eigenvalue weighted by Crippen LogP contribution is -2.46. The number of aromatic nitrogens is 2. The van der Waals surface area contributed by atoms with E-state index in [1.165, 1.54) is 22.9 Å². The largest absolute Gasteiger partial charge is 0.368 e. The van der Waals surface area contributed by atoms with Crippen LogP contribution in [0.5, 0.6) is 0 Å². The molecule has 0 atom stereocenters. The van der Waals surface area contributed by atoms with Crippen LogP contribution in [0.15, 0.2) is 65.7 Å². The molecular formula is C25H26ClN5OS. The molecule has 1 aromatic heterocycles. The van der Waals surface area contributed by atoms with Gasteiger partial charge in [0.1, 0.15) is 5.03 Å². The summed E-state index contributed by atoms with van der Waals surface area (Å²) in [6, 6.07) is 20.3. The Morgan fingerprint density at radius 2 is 1.67 bits per heavy atom. The molecule has 33 heavy (non-hydrogen) atoms. The molecular weight excluding hydrogens is 454 g/mol. The highest BCUT2D eigenvalue weighted by molar-refractivity contribution is 7.99. The van der Waals surface area contributed by atoms with Crippen LogP contribution in [0.2, 0.25) is 5.02 Å². The summed E-state index contributed by atoms with van der Waals surface area (Å²) < 4.78 is 0. The van der Waals surface area contributed by atoms with Gasteiger partial charge in [0.2, 0.25) is 5.91 Å². The SMILES string of the molecule is O=C(CSc1ccc(N2CCN(c3cccc(Cl)c3)CC2)nn1)N1CCc2ccccc2C1. The molecule has 0 bridgehead atoms. The van der Waals surface area contributed by atoms with Crippen molar-refractivity contribution >= 4 is 40.8 Å². The Bertz CT molecular complexity index is 1120. The van der Waals surface area contributed by atoms with Crippen LogP contribution in [0.25, 0.3) is 0 Å². The van der Waals surface area contributed by atoms with Crippen LogP contribution < -0.4 is 9.80 Å². The topological polar surface area (TPSA) is 52.6 Å². The van der Waals surface area contributed by atoms with Crippen molar-refractivity contribution in [3.8, 4) is 0 Å². The van der Waals surface area contributed by atoms with Crippen LogP contribution >= 0.6 is 23.4 Å². The van der Waals surface area contributed by atoms with E-state index in [0.29, 0.717) is 12.3 Å². The van der Waals surface area contributed by atoms with Crippen molar-refractivity contribution in [1.29, 1.82) is 0 Å². The molecule has 3 heterocycles. The zero-order valence-electron chi connectivity index (χ0n) is 18.4. The highest BCUT2D eigenvalue weighted by Gasteiger charge is 2.21. The van der Waals surface area contributed by atoms with Gasteiger partial charge in [0.15, 0.2) is 5.82 Å². The summed E-state index contributed by atoms with van der Waals surface area (Å²) in [4.78, 5) is 19.2. The first-order chi connectivity index (χ1) is 16.2. The number of piperazine rings is 1. The average Bonchev–Trinajstić information content (AvgIpc) is 2.87. The van der Waals surface area contributed by atoms with Gasteiger partial charge in [0.25, 0.3) is 0 Å². The number of rotatable bonds is 5. The van der Waals surface area contributed by atoms with E-state index in [9.17, 15) is 4.79 Å². The number of hydrogen-bond donors (Lipinski definition) is 0. The van der Waals surface area contributed by atoms with E-state index >= 15 is 0 Å². The van der Waals surface area contributed by atoms with Gasteiger partial charge in [-0.3, -0.25) is 4.79 Å². The molecule has 0 radical (unpaired) electrons. The molecule has 1 amide bonds. The molecule has 0 N–H and O–H groups in total. The zero-order chi connectivity index (χ0) is 22.6. The standard InChI is InChI=1S/C25H26ClN5OS/c26-21-6-3-7-22(16-21)29-12-14-30(15-13-29)23-8-9-24(28-27-23)33-18-25(32)31-11-10-19-4-1-2-5-20(19)17-31/h1-9,16H,10-15,17-18H2. The second kappa shape index (κ2) is 10.0. The summed E-state index contributed by atoms with van der Waals surface area (Å²) in [7, 11) is 0. The Kier molecular flexibility index (Phi) is 6.69. The van der Waals surface area contributed by atoms with Gasteiger partial charge in [0, 0.05) is 50.0 Å². The first-order valence-corrected chi connectivity index (χ1v) is 12.6. The molecule has 1 fully saturated rings. The van der Waals surface area contributed by atoms with E-state index < -0.39 is 0 Å². The Morgan fingerprint density at radius 1 is 0.879 bits per heavy atom. The lowest BCUT2D eigenvalue weighted by atomic mass is 10.00. The minimum Gasteiger partial charge on any atom is -0.368 e. The van der Waals surface area contributed by atoms with Gasteiger partial charge in [-0.2, -0.15) is 0 Å². The summed E-state index contributed by atoms with van der Waals surface area (Å²) in [6.45, 7) is 5.05. The number of carbonyl (C=O) groups is 1. The van der Waals surface area contributed by atoms with Crippen molar-refractivity contribution in [2.75, 3.05) is 48.3 Å². The monoisotopic (exact) mass is 479 g/mol. The second-order valence-corrected chi connectivity index (χ2v) is 9.74. The van der Waals surface area contributed by atoms with Crippen LogP contribution in [-0.2, 0) is 17.8 Å². The van der Waals surface area contributed by atoms with Gasteiger partial charge in [-0.25, -0.2) is 0 Å². The number of carbonyl (C=O) groups excluding carboxylic acids is 1. The lowest BCUT2D eigenvalue weighted by Gasteiger charge is -2.36. The molecule has 0 aliphatic carbocycles. The predicted octanol–water partition coefficient (Wildman–Crippen LogP) is 4.13. The Hall–Kier alpha value is -2.77. The van der Waals surface area contributed by atoms with Crippen molar-refractivity contribution in [2.45, 2.75) is 18.0 Å². The highest BCUT2D eigenvalue weighted by atomic mass is 35.5. The fourth-order valence-electron chi connectivity index (χ4n) is 4.36. The van der Waals surface area contributed by atoms with Gasteiger partial charge in [-0.1, -0.05) is 53.7 Å². The maximum Gasteiger partial charge on any atom is 0.233 e. The number of amides is 1. The Balaban J connectivity index is 1.11. The fourth-order valence-corrected chi connectivity index (χ4v) is 5.26. The van der Waals surface area contributed by atoms with Gasteiger partial charge in [0.05, 0.1) is 5.75 Å². The van der Waals surface area contributed by atoms with E-state index in [1.807, 2.05) is 41.3 Å². The van der Waals surface area contributed by atoms with Crippen molar-refractivity contribution in [3.05, 3.63) is 76.8 Å². The van der Waals surface area contributed by atoms with Crippen molar-refractivity contribution in [1.82, 2.24) is 15.1 Å². The molecule has 2 aliphatic heterocycles. The molecule has 0 saturated carbocycles. The average molecular weight is 480 g/mol. The van der Waals surface area contributed by atoms with Gasteiger partial charge >= 0.3 is 0 Å². The van der Waals surface area contributed by atoms with Crippen LogP contribution in [-0.4, -0.2) is 59.5 Å². The van der Waals surface area contributed by atoms with E-state index in [2.05, 4.69) is 44.3 Å².